The maximum Gasteiger partial charge on any atom is 0.00698 e. The third kappa shape index (κ3) is 2.96. The summed E-state index contributed by atoms with van der Waals surface area (Å²) in [5, 5.41) is 0. The Kier molecular flexibility index (Phi) is 4.20. The molecular formula is C11H24N2. The first-order chi connectivity index (χ1) is 6.15. The molecule has 0 radical (unpaired) electrons. The van der Waals surface area contributed by atoms with E-state index in [4.69, 9.17) is 5.73 Å². The Hall–Kier alpha value is -0.0800. The molecule has 2 heteroatoms. The number of piperidine rings is 1. The summed E-state index contributed by atoms with van der Waals surface area (Å²) in [5.41, 5.74) is 5.65. The molecule has 0 aromatic heterocycles. The van der Waals surface area contributed by atoms with E-state index < -0.39 is 0 Å². The Morgan fingerprint density at radius 2 is 1.85 bits per heavy atom. The van der Waals surface area contributed by atoms with Gasteiger partial charge in [-0.3, -0.25) is 4.90 Å². The number of nitrogens with zero attached hydrogens (tertiary/aromatic N) is 1. The normalized spacial score (nSPS) is 33.2. The molecule has 78 valence electrons. The fraction of sp³-hybridized carbons (Fsp3) is 1.00. The molecule has 0 saturated carbocycles. The molecule has 3 unspecified atom stereocenters. The van der Waals surface area contributed by atoms with E-state index in [0.717, 1.165) is 18.6 Å². The topological polar surface area (TPSA) is 29.3 Å². The van der Waals surface area contributed by atoms with Crippen molar-refractivity contribution in [2.24, 2.45) is 11.7 Å². The predicted molar refractivity (Wildman–Crippen MR) is 57.7 cm³/mol. The third-order valence-corrected chi connectivity index (χ3v) is 3.30. The Bertz CT molecular complexity index is 137. The van der Waals surface area contributed by atoms with Crippen molar-refractivity contribution >= 4 is 0 Å². The molecular weight excluding hydrogens is 160 g/mol. The monoisotopic (exact) mass is 184 g/mol. The van der Waals surface area contributed by atoms with Crippen LogP contribution in [0.1, 0.15) is 40.0 Å². The van der Waals surface area contributed by atoms with Gasteiger partial charge in [-0.15, -0.1) is 0 Å². The summed E-state index contributed by atoms with van der Waals surface area (Å²) in [6.45, 7) is 8.93. The molecule has 1 saturated heterocycles. The summed E-state index contributed by atoms with van der Waals surface area (Å²) in [6.07, 6.45) is 4.12. The second kappa shape index (κ2) is 4.97. The smallest absolute Gasteiger partial charge is 0.00698 e. The van der Waals surface area contributed by atoms with Gasteiger partial charge in [0.2, 0.25) is 0 Å². The average Bonchev–Trinajstić information content (AvgIpc) is 2.11. The fourth-order valence-electron chi connectivity index (χ4n) is 2.27. The van der Waals surface area contributed by atoms with Gasteiger partial charge in [0.05, 0.1) is 0 Å². The van der Waals surface area contributed by atoms with Crippen LogP contribution in [-0.4, -0.2) is 30.1 Å². The van der Waals surface area contributed by atoms with E-state index in [9.17, 15) is 0 Å². The third-order valence-electron chi connectivity index (χ3n) is 3.30. The van der Waals surface area contributed by atoms with E-state index in [1.165, 1.54) is 25.8 Å². The Morgan fingerprint density at radius 3 is 2.31 bits per heavy atom. The number of hydrogen-bond donors (Lipinski definition) is 1. The zero-order valence-electron chi connectivity index (χ0n) is 9.29. The van der Waals surface area contributed by atoms with Crippen LogP contribution in [0.5, 0.6) is 0 Å². The van der Waals surface area contributed by atoms with Gasteiger partial charge in [-0.25, -0.2) is 0 Å². The summed E-state index contributed by atoms with van der Waals surface area (Å²) in [6, 6.07) is 1.52. The van der Waals surface area contributed by atoms with Crippen molar-refractivity contribution in [3.63, 3.8) is 0 Å². The molecule has 13 heavy (non-hydrogen) atoms. The van der Waals surface area contributed by atoms with Crippen molar-refractivity contribution < 1.29 is 0 Å². The molecule has 0 amide bonds. The molecule has 1 fully saturated rings. The fourth-order valence-corrected chi connectivity index (χ4v) is 2.27. The molecule has 1 rings (SSSR count). The molecule has 2 N–H and O–H groups in total. The maximum absolute atomic E-state index is 5.65. The van der Waals surface area contributed by atoms with Crippen molar-refractivity contribution in [1.29, 1.82) is 0 Å². The zero-order chi connectivity index (χ0) is 9.84. The van der Waals surface area contributed by atoms with E-state index in [0.29, 0.717) is 5.92 Å². The number of likely N-dealkylation sites (tertiary alicyclic amines) is 1. The van der Waals surface area contributed by atoms with Crippen LogP contribution < -0.4 is 5.73 Å². The van der Waals surface area contributed by atoms with Crippen LogP contribution in [0.2, 0.25) is 0 Å². The second-order valence-corrected chi connectivity index (χ2v) is 4.67. The van der Waals surface area contributed by atoms with Crippen molar-refractivity contribution in [1.82, 2.24) is 4.90 Å². The van der Waals surface area contributed by atoms with Crippen molar-refractivity contribution in [2.75, 3.05) is 13.1 Å². The molecule has 0 aromatic rings. The lowest BCUT2D eigenvalue weighted by Crippen LogP contribution is -2.46. The second-order valence-electron chi connectivity index (χ2n) is 4.67. The summed E-state index contributed by atoms with van der Waals surface area (Å²) in [5.74, 6) is 0.642. The lowest BCUT2D eigenvalue weighted by molar-refractivity contribution is 0.0882. The van der Waals surface area contributed by atoms with Crippen LogP contribution >= 0.6 is 0 Å². The van der Waals surface area contributed by atoms with Crippen LogP contribution in [-0.2, 0) is 0 Å². The molecule has 0 aliphatic carbocycles. The summed E-state index contributed by atoms with van der Waals surface area (Å²) >= 11 is 0. The molecule has 3 atom stereocenters. The highest BCUT2D eigenvalue weighted by Gasteiger charge is 2.25. The van der Waals surface area contributed by atoms with Crippen molar-refractivity contribution in [3.05, 3.63) is 0 Å². The van der Waals surface area contributed by atoms with E-state index in [1.54, 1.807) is 0 Å². The van der Waals surface area contributed by atoms with Crippen LogP contribution in [0.25, 0.3) is 0 Å². The van der Waals surface area contributed by atoms with Gasteiger partial charge in [-0.2, -0.15) is 0 Å². The minimum Gasteiger partial charge on any atom is -0.330 e. The van der Waals surface area contributed by atoms with Crippen LogP contribution in [0.3, 0.4) is 0 Å². The number of hydrogen-bond acceptors (Lipinski definition) is 2. The quantitative estimate of drug-likeness (QED) is 0.725. The van der Waals surface area contributed by atoms with Gasteiger partial charge in [-0.05, 0) is 39.2 Å². The van der Waals surface area contributed by atoms with Crippen molar-refractivity contribution in [3.8, 4) is 0 Å². The van der Waals surface area contributed by atoms with Gasteiger partial charge in [-0.1, -0.05) is 13.3 Å². The van der Waals surface area contributed by atoms with Gasteiger partial charge in [0.1, 0.15) is 0 Å². The van der Waals surface area contributed by atoms with E-state index in [-0.39, 0.29) is 0 Å². The lowest BCUT2D eigenvalue weighted by atomic mass is 9.96. The van der Waals surface area contributed by atoms with Crippen molar-refractivity contribution in [2.45, 2.75) is 52.1 Å². The van der Waals surface area contributed by atoms with E-state index in [2.05, 4.69) is 25.7 Å². The Labute approximate surface area is 82.5 Å². The van der Waals surface area contributed by atoms with Gasteiger partial charge in [0.25, 0.3) is 0 Å². The highest BCUT2D eigenvalue weighted by molar-refractivity contribution is 4.80. The zero-order valence-corrected chi connectivity index (χ0v) is 9.29. The highest BCUT2D eigenvalue weighted by atomic mass is 15.2. The minimum atomic E-state index is 0.642. The molecule has 1 aliphatic rings. The first kappa shape index (κ1) is 11.0. The number of nitrogens with two attached hydrogens (primary N) is 1. The molecule has 1 heterocycles. The van der Waals surface area contributed by atoms with Crippen LogP contribution in [0, 0.1) is 5.92 Å². The molecule has 0 bridgehead atoms. The average molecular weight is 184 g/mol. The first-order valence-electron chi connectivity index (χ1n) is 5.61. The van der Waals surface area contributed by atoms with Gasteiger partial charge in [0.15, 0.2) is 0 Å². The van der Waals surface area contributed by atoms with Crippen LogP contribution in [0.4, 0.5) is 0 Å². The lowest BCUT2D eigenvalue weighted by Gasteiger charge is -2.40. The number of rotatable bonds is 3. The largest absolute Gasteiger partial charge is 0.330 e. The van der Waals surface area contributed by atoms with E-state index in [1.807, 2.05) is 0 Å². The highest BCUT2D eigenvalue weighted by Crippen LogP contribution is 2.23. The maximum atomic E-state index is 5.65. The first-order valence-corrected chi connectivity index (χ1v) is 5.61. The SMILES string of the molecule is CC(CN)CN1C(C)CCCC1C. The van der Waals surface area contributed by atoms with Gasteiger partial charge in [0, 0.05) is 18.6 Å². The molecule has 0 spiro atoms. The summed E-state index contributed by atoms with van der Waals surface area (Å²) in [7, 11) is 0. The van der Waals surface area contributed by atoms with E-state index >= 15 is 0 Å². The molecule has 0 aromatic carbocycles. The van der Waals surface area contributed by atoms with Crippen LogP contribution in [0.15, 0.2) is 0 Å². The Morgan fingerprint density at radius 1 is 1.31 bits per heavy atom. The summed E-state index contributed by atoms with van der Waals surface area (Å²) in [4.78, 5) is 2.63. The standard InChI is InChI=1S/C11H24N2/c1-9(7-12)8-13-10(2)5-4-6-11(13)3/h9-11H,4-8,12H2,1-3H3. The Balaban J connectivity index is 2.43. The predicted octanol–water partition coefficient (Wildman–Crippen LogP) is 1.84. The van der Waals surface area contributed by atoms with Gasteiger partial charge < -0.3 is 5.73 Å². The minimum absolute atomic E-state index is 0.642. The molecule has 2 nitrogen and oxygen atoms in total. The molecule has 1 aliphatic heterocycles. The van der Waals surface area contributed by atoms with Gasteiger partial charge >= 0.3 is 0 Å². The summed E-state index contributed by atoms with van der Waals surface area (Å²) < 4.78 is 0.